The van der Waals surface area contributed by atoms with E-state index in [4.69, 9.17) is 19.2 Å². The molecule has 2 unspecified atom stereocenters. The SMILES string of the molecule is COc1cc2nc(N(CCCN(C)C)C(=O)c3ccc(S(=O)(=O)N4CC(C)OC(C)C4)cc3)sc2cc1OC.Cl. The van der Waals surface area contributed by atoms with Gasteiger partial charge in [-0.2, -0.15) is 4.31 Å². The zero-order valence-corrected chi connectivity index (χ0v) is 26.1. The molecular formula is C27H37ClN4O6S2. The number of carbonyl (C=O) groups is 1. The van der Waals surface area contributed by atoms with Crippen LogP contribution in [0.4, 0.5) is 5.13 Å². The summed E-state index contributed by atoms with van der Waals surface area (Å²) in [4.78, 5) is 22.3. The number of amides is 1. The van der Waals surface area contributed by atoms with Gasteiger partial charge in [0.05, 0.1) is 41.5 Å². The molecule has 4 rings (SSSR count). The van der Waals surface area contributed by atoms with E-state index in [1.807, 2.05) is 34.0 Å². The number of sulfonamides is 1. The summed E-state index contributed by atoms with van der Waals surface area (Å²) in [7, 11) is 3.40. The van der Waals surface area contributed by atoms with Crippen molar-refractivity contribution in [3.63, 3.8) is 0 Å². The van der Waals surface area contributed by atoms with Crippen molar-refractivity contribution in [2.45, 2.75) is 37.4 Å². The van der Waals surface area contributed by atoms with Gasteiger partial charge in [-0.15, -0.1) is 12.4 Å². The lowest BCUT2D eigenvalue weighted by Gasteiger charge is -2.34. The van der Waals surface area contributed by atoms with Gasteiger partial charge in [-0.25, -0.2) is 13.4 Å². The molecule has 220 valence electrons. The van der Waals surface area contributed by atoms with E-state index in [-0.39, 0.29) is 35.4 Å². The van der Waals surface area contributed by atoms with Gasteiger partial charge in [-0.1, -0.05) is 11.3 Å². The zero-order valence-electron chi connectivity index (χ0n) is 23.6. The van der Waals surface area contributed by atoms with E-state index in [0.29, 0.717) is 47.3 Å². The summed E-state index contributed by atoms with van der Waals surface area (Å²) in [6.07, 6.45) is 0.365. The van der Waals surface area contributed by atoms with Crippen LogP contribution in [-0.4, -0.2) is 95.2 Å². The minimum Gasteiger partial charge on any atom is -0.493 e. The number of benzene rings is 2. The molecule has 1 aliphatic rings. The van der Waals surface area contributed by atoms with Crippen LogP contribution in [0.2, 0.25) is 0 Å². The van der Waals surface area contributed by atoms with Gasteiger partial charge in [-0.3, -0.25) is 9.69 Å². The summed E-state index contributed by atoms with van der Waals surface area (Å²) in [6, 6.07) is 9.79. The van der Waals surface area contributed by atoms with Crippen molar-refractivity contribution in [1.29, 1.82) is 0 Å². The van der Waals surface area contributed by atoms with Crippen LogP contribution in [-0.2, 0) is 14.8 Å². The van der Waals surface area contributed by atoms with Gasteiger partial charge in [0, 0.05) is 37.3 Å². The minimum absolute atomic E-state index is 0. The molecule has 1 aromatic heterocycles. The average Bonchev–Trinajstić information content (AvgIpc) is 3.31. The molecule has 1 fully saturated rings. The second-order valence-corrected chi connectivity index (χ2v) is 12.8. The molecule has 1 saturated heterocycles. The maximum Gasteiger partial charge on any atom is 0.260 e. The summed E-state index contributed by atoms with van der Waals surface area (Å²) in [5.74, 6) is 0.907. The Hall–Kier alpha value is -2.48. The normalized spacial score (nSPS) is 18.0. The first-order valence-corrected chi connectivity index (χ1v) is 15.0. The Morgan fingerprint density at radius 1 is 1.05 bits per heavy atom. The molecule has 1 aliphatic heterocycles. The molecule has 0 aliphatic carbocycles. The molecule has 10 nitrogen and oxygen atoms in total. The Kier molecular flexibility index (Phi) is 10.8. The summed E-state index contributed by atoms with van der Waals surface area (Å²) in [6.45, 7) is 5.55. The van der Waals surface area contributed by atoms with E-state index in [2.05, 4.69) is 4.90 Å². The van der Waals surface area contributed by atoms with Crippen molar-refractivity contribution in [3.05, 3.63) is 42.0 Å². The highest BCUT2D eigenvalue weighted by atomic mass is 35.5. The number of aromatic nitrogens is 1. The highest BCUT2D eigenvalue weighted by Gasteiger charge is 2.32. The summed E-state index contributed by atoms with van der Waals surface area (Å²) in [5, 5.41) is 0.553. The minimum atomic E-state index is -3.71. The van der Waals surface area contributed by atoms with E-state index >= 15 is 0 Å². The van der Waals surface area contributed by atoms with E-state index < -0.39 is 10.0 Å². The smallest absolute Gasteiger partial charge is 0.260 e. The molecule has 40 heavy (non-hydrogen) atoms. The van der Waals surface area contributed by atoms with E-state index in [1.165, 1.54) is 27.8 Å². The Morgan fingerprint density at radius 2 is 1.65 bits per heavy atom. The van der Waals surface area contributed by atoms with E-state index in [9.17, 15) is 13.2 Å². The van der Waals surface area contributed by atoms with Gasteiger partial charge in [0.1, 0.15) is 0 Å². The number of fused-ring (bicyclic) bond motifs is 1. The Labute approximate surface area is 246 Å². The Bertz CT molecular complexity index is 1360. The van der Waals surface area contributed by atoms with Gasteiger partial charge in [0.15, 0.2) is 16.6 Å². The molecule has 0 radical (unpaired) electrons. The fraction of sp³-hybridized carbons (Fsp3) is 0.481. The lowest BCUT2D eigenvalue weighted by atomic mass is 10.2. The van der Waals surface area contributed by atoms with Crippen molar-refractivity contribution >= 4 is 55.0 Å². The third-order valence-corrected chi connectivity index (χ3v) is 9.36. The molecule has 2 heterocycles. The summed E-state index contributed by atoms with van der Waals surface area (Å²) < 4.78 is 45.4. The van der Waals surface area contributed by atoms with Gasteiger partial charge >= 0.3 is 0 Å². The van der Waals surface area contributed by atoms with Gasteiger partial charge in [0.25, 0.3) is 5.91 Å². The highest BCUT2D eigenvalue weighted by molar-refractivity contribution is 7.89. The number of hydrogen-bond donors (Lipinski definition) is 0. The number of anilines is 1. The number of methoxy groups -OCH3 is 2. The molecule has 0 bridgehead atoms. The highest BCUT2D eigenvalue weighted by Crippen LogP contribution is 2.37. The second kappa shape index (κ2) is 13.5. The van der Waals surface area contributed by atoms with E-state index in [1.54, 1.807) is 37.3 Å². The van der Waals surface area contributed by atoms with Crippen LogP contribution in [0.3, 0.4) is 0 Å². The number of thiazole rings is 1. The monoisotopic (exact) mass is 612 g/mol. The van der Waals surface area contributed by atoms with Crippen LogP contribution >= 0.6 is 23.7 Å². The Balaban J connectivity index is 0.00000441. The number of nitrogens with zero attached hydrogens (tertiary/aromatic N) is 4. The maximum atomic E-state index is 13.7. The number of rotatable bonds is 10. The molecule has 2 aromatic carbocycles. The molecule has 0 N–H and O–H groups in total. The lowest BCUT2D eigenvalue weighted by molar-refractivity contribution is -0.0440. The van der Waals surface area contributed by atoms with Crippen molar-refractivity contribution in [2.24, 2.45) is 0 Å². The number of ether oxygens (including phenoxy) is 3. The maximum absolute atomic E-state index is 13.7. The van der Waals surface area contributed by atoms with Crippen LogP contribution in [0, 0.1) is 0 Å². The number of carbonyl (C=O) groups excluding carboxylic acids is 1. The summed E-state index contributed by atoms with van der Waals surface area (Å²) in [5.41, 5.74) is 1.09. The number of hydrogen-bond acceptors (Lipinski definition) is 9. The standard InChI is InChI=1S/C27H36N4O6S2.ClH/c1-18-16-30(17-19(2)37-18)39(33,34)21-10-8-20(9-11-21)26(32)31(13-7-12-29(3)4)27-28-22-14-23(35-5)24(36-6)15-25(22)38-27;/h8-11,14-15,18-19H,7,12-13,16-17H2,1-6H3;1H. The fourth-order valence-corrected chi connectivity index (χ4v) is 7.18. The summed E-state index contributed by atoms with van der Waals surface area (Å²) >= 11 is 1.39. The van der Waals surface area contributed by atoms with Crippen molar-refractivity contribution in [1.82, 2.24) is 14.2 Å². The predicted molar refractivity (Wildman–Crippen MR) is 160 cm³/mol. The van der Waals surface area contributed by atoms with Crippen LogP contribution in [0.15, 0.2) is 41.3 Å². The first-order valence-electron chi connectivity index (χ1n) is 12.8. The first-order chi connectivity index (χ1) is 18.5. The molecule has 2 atom stereocenters. The average molecular weight is 613 g/mol. The third kappa shape index (κ3) is 7.04. The first kappa shape index (κ1) is 32.0. The van der Waals surface area contributed by atoms with E-state index in [0.717, 1.165) is 17.7 Å². The third-order valence-electron chi connectivity index (χ3n) is 6.47. The predicted octanol–water partition coefficient (Wildman–Crippen LogP) is 4.13. The van der Waals surface area contributed by atoms with Crippen LogP contribution in [0.5, 0.6) is 11.5 Å². The van der Waals surface area contributed by atoms with Crippen molar-refractivity contribution in [2.75, 3.05) is 59.4 Å². The largest absolute Gasteiger partial charge is 0.493 e. The van der Waals surface area contributed by atoms with Crippen molar-refractivity contribution in [3.8, 4) is 11.5 Å². The van der Waals surface area contributed by atoms with Crippen LogP contribution in [0.1, 0.15) is 30.6 Å². The molecular weight excluding hydrogens is 576 g/mol. The molecule has 0 spiro atoms. The molecule has 3 aromatic rings. The topological polar surface area (TPSA) is 102 Å². The van der Waals surface area contributed by atoms with Gasteiger partial charge in [0.2, 0.25) is 10.0 Å². The van der Waals surface area contributed by atoms with Crippen LogP contribution in [0.25, 0.3) is 10.2 Å². The number of halogens is 1. The van der Waals surface area contributed by atoms with Gasteiger partial charge < -0.3 is 19.1 Å². The lowest BCUT2D eigenvalue weighted by Crippen LogP contribution is -2.48. The van der Waals surface area contributed by atoms with Gasteiger partial charge in [-0.05, 0) is 65.2 Å². The molecule has 13 heteroatoms. The zero-order chi connectivity index (χ0) is 28.3. The molecule has 1 amide bonds. The Morgan fingerprint density at radius 3 is 2.23 bits per heavy atom. The fourth-order valence-electron chi connectivity index (χ4n) is 4.59. The quantitative estimate of drug-likeness (QED) is 0.337. The van der Waals surface area contributed by atoms with Crippen molar-refractivity contribution < 1.29 is 27.4 Å². The second-order valence-electron chi connectivity index (χ2n) is 9.89. The molecule has 0 saturated carbocycles. The number of morpholine rings is 1. The van der Waals surface area contributed by atoms with Crippen LogP contribution < -0.4 is 14.4 Å².